The van der Waals surface area contributed by atoms with Gasteiger partial charge < -0.3 is 19.2 Å². The topological polar surface area (TPSA) is 80.0 Å². The largest absolute Gasteiger partial charge is 0.486 e. The molecule has 1 N–H and O–H groups in total. The molecule has 0 saturated carbocycles. The van der Waals surface area contributed by atoms with E-state index >= 15 is 0 Å². The summed E-state index contributed by atoms with van der Waals surface area (Å²) < 4.78 is 12.1. The number of amides is 1. The minimum atomic E-state index is -0.867. The molecule has 1 fully saturated rings. The van der Waals surface area contributed by atoms with Gasteiger partial charge in [0.15, 0.2) is 5.76 Å². The van der Waals surface area contributed by atoms with Crippen molar-refractivity contribution in [3.8, 4) is 5.75 Å². The van der Waals surface area contributed by atoms with Crippen LogP contribution < -0.4 is 4.74 Å². The van der Waals surface area contributed by atoms with Gasteiger partial charge in [-0.15, -0.1) is 0 Å². The molecular weight excluding hydrogens is 378 g/mol. The zero-order valence-electron chi connectivity index (χ0n) is 12.8. The highest BCUT2D eigenvalue weighted by Crippen LogP contribution is 2.21. The Labute approximate surface area is 147 Å². The van der Waals surface area contributed by atoms with Crippen LogP contribution >= 0.6 is 15.9 Å². The molecule has 0 unspecified atom stereocenters. The van der Waals surface area contributed by atoms with Crippen LogP contribution in [0.3, 0.4) is 0 Å². The van der Waals surface area contributed by atoms with Crippen LogP contribution in [0.25, 0.3) is 0 Å². The second-order valence-electron chi connectivity index (χ2n) is 5.58. The summed E-state index contributed by atoms with van der Waals surface area (Å²) in [4.78, 5) is 24.8. The number of likely N-dealkylation sites (tertiary alicyclic amines) is 1. The van der Waals surface area contributed by atoms with Gasteiger partial charge in [0.1, 0.15) is 18.1 Å². The second-order valence-corrected chi connectivity index (χ2v) is 6.50. The SMILES string of the molecule is O=C(O)[C@H]1CCN(C(=O)c2ccc(COc3ccc(Br)cc3)o2)C1. The number of aliphatic carboxylic acids is 1. The van der Waals surface area contributed by atoms with Crippen LogP contribution in [0.1, 0.15) is 22.7 Å². The van der Waals surface area contributed by atoms with Gasteiger partial charge in [-0.2, -0.15) is 0 Å². The molecule has 1 saturated heterocycles. The summed E-state index contributed by atoms with van der Waals surface area (Å²) in [5.41, 5.74) is 0. The summed E-state index contributed by atoms with van der Waals surface area (Å²) >= 11 is 3.35. The van der Waals surface area contributed by atoms with E-state index in [2.05, 4.69) is 15.9 Å². The minimum absolute atomic E-state index is 0.204. The van der Waals surface area contributed by atoms with Gasteiger partial charge in [-0.1, -0.05) is 15.9 Å². The zero-order chi connectivity index (χ0) is 17.1. The summed E-state index contributed by atoms with van der Waals surface area (Å²) in [6.45, 7) is 0.869. The first kappa shape index (κ1) is 16.6. The normalized spacial score (nSPS) is 17.0. The predicted molar refractivity (Wildman–Crippen MR) is 88.8 cm³/mol. The fourth-order valence-electron chi connectivity index (χ4n) is 2.56. The van der Waals surface area contributed by atoms with E-state index in [1.54, 1.807) is 12.1 Å². The van der Waals surface area contributed by atoms with Crippen molar-refractivity contribution in [3.63, 3.8) is 0 Å². The molecule has 0 aliphatic carbocycles. The van der Waals surface area contributed by atoms with Crippen LogP contribution in [0.15, 0.2) is 45.3 Å². The summed E-state index contributed by atoms with van der Waals surface area (Å²) in [5, 5.41) is 9.00. The third-order valence-corrected chi connectivity index (χ3v) is 4.42. The van der Waals surface area contributed by atoms with Gasteiger partial charge in [0.25, 0.3) is 5.91 Å². The standard InChI is InChI=1S/C17H16BrNO5/c18-12-1-3-13(4-2-12)23-10-14-5-6-15(24-14)16(20)19-8-7-11(9-19)17(21)22/h1-6,11H,7-10H2,(H,21,22)/t11-/m0/s1. The number of nitrogens with zero attached hydrogens (tertiary/aromatic N) is 1. The summed E-state index contributed by atoms with van der Waals surface area (Å²) in [6.07, 6.45) is 0.474. The van der Waals surface area contributed by atoms with E-state index in [0.717, 1.165) is 4.47 Å². The maximum Gasteiger partial charge on any atom is 0.308 e. The molecule has 1 aliphatic rings. The first-order valence-electron chi connectivity index (χ1n) is 7.52. The van der Waals surface area contributed by atoms with Gasteiger partial charge in [-0.3, -0.25) is 9.59 Å². The van der Waals surface area contributed by atoms with E-state index < -0.39 is 11.9 Å². The van der Waals surface area contributed by atoms with E-state index in [9.17, 15) is 9.59 Å². The predicted octanol–water partition coefficient (Wildman–Crippen LogP) is 3.17. The minimum Gasteiger partial charge on any atom is -0.486 e. The maximum absolute atomic E-state index is 12.3. The zero-order valence-corrected chi connectivity index (χ0v) is 14.4. The molecule has 1 amide bonds. The molecule has 7 heteroatoms. The Balaban J connectivity index is 1.58. The van der Waals surface area contributed by atoms with Crippen molar-refractivity contribution in [1.82, 2.24) is 4.90 Å². The average Bonchev–Trinajstić information content (AvgIpc) is 3.23. The smallest absolute Gasteiger partial charge is 0.308 e. The van der Waals surface area contributed by atoms with Gasteiger partial charge >= 0.3 is 5.97 Å². The summed E-state index contributed by atoms with van der Waals surface area (Å²) in [6, 6.07) is 10.7. The van der Waals surface area contributed by atoms with Gasteiger partial charge in [0.2, 0.25) is 0 Å². The number of halogens is 1. The Morgan fingerprint density at radius 3 is 2.67 bits per heavy atom. The van der Waals surface area contributed by atoms with Crippen molar-refractivity contribution in [2.75, 3.05) is 13.1 Å². The molecule has 2 heterocycles. The number of benzene rings is 1. The molecule has 126 valence electrons. The van der Waals surface area contributed by atoms with E-state index in [1.807, 2.05) is 24.3 Å². The molecular formula is C17H16BrNO5. The first-order valence-corrected chi connectivity index (χ1v) is 8.31. The number of carboxylic acid groups (broad SMARTS) is 1. The number of hydrogen-bond donors (Lipinski definition) is 1. The fourth-order valence-corrected chi connectivity index (χ4v) is 2.82. The Morgan fingerprint density at radius 2 is 2.00 bits per heavy atom. The van der Waals surface area contributed by atoms with Crippen LogP contribution in [0, 0.1) is 5.92 Å². The molecule has 2 aromatic rings. The Kier molecular flexibility index (Phi) is 4.89. The average molecular weight is 394 g/mol. The third-order valence-electron chi connectivity index (χ3n) is 3.89. The number of carbonyl (C=O) groups excluding carboxylic acids is 1. The van der Waals surface area contributed by atoms with E-state index in [4.69, 9.17) is 14.3 Å². The van der Waals surface area contributed by atoms with Crippen LogP contribution in [-0.4, -0.2) is 35.0 Å². The molecule has 6 nitrogen and oxygen atoms in total. The molecule has 3 rings (SSSR count). The fraction of sp³-hybridized carbons (Fsp3) is 0.294. The van der Waals surface area contributed by atoms with Crippen LogP contribution in [0.4, 0.5) is 0 Å². The highest BCUT2D eigenvalue weighted by Gasteiger charge is 2.32. The Bertz CT molecular complexity index is 740. The lowest BCUT2D eigenvalue weighted by Crippen LogP contribution is -2.29. The molecule has 0 bridgehead atoms. The van der Waals surface area contributed by atoms with E-state index in [-0.39, 0.29) is 24.8 Å². The van der Waals surface area contributed by atoms with E-state index in [1.165, 1.54) is 4.90 Å². The van der Waals surface area contributed by atoms with E-state index in [0.29, 0.717) is 24.5 Å². The summed E-state index contributed by atoms with van der Waals surface area (Å²) in [5.74, 6) is -0.205. The van der Waals surface area contributed by atoms with Crippen LogP contribution in [-0.2, 0) is 11.4 Å². The van der Waals surface area contributed by atoms with Gasteiger partial charge in [0, 0.05) is 17.6 Å². The molecule has 1 aliphatic heterocycles. The molecule has 0 spiro atoms. The van der Waals surface area contributed by atoms with Crippen molar-refractivity contribution in [2.24, 2.45) is 5.92 Å². The molecule has 0 radical (unpaired) electrons. The number of rotatable bonds is 5. The maximum atomic E-state index is 12.3. The van der Waals surface area contributed by atoms with Gasteiger partial charge in [-0.05, 0) is 42.8 Å². The first-order chi connectivity index (χ1) is 11.5. The summed E-state index contributed by atoms with van der Waals surface area (Å²) in [7, 11) is 0. The lowest BCUT2D eigenvalue weighted by atomic mass is 10.1. The van der Waals surface area contributed by atoms with Crippen molar-refractivity contribution >= 4 is 27.8 Å². The lowest BCUT2D eigenvalue weighted by molar-refractivity contribution is -0.141. The number of carbonyl (C=O) groups is 2. The molecule has 24 heavy (non-hydrogen) atoms. The van der Waals surface area contributed by atoms with Crippen LogP contribution in [0.5, 0.6) is 5.75 Å². The van der Waals surface area contributed by atoms with Crippen molar-refractivity contribution in [1.29, 1.82) is 0 Å². The number of carboxylic acids is 1. The quantitative estimate of drug-likeness (QED) is 0.843. The lowest BCUT2D eigenvalue weighted by Gasteiger charge is -2.13. The third kappa shape index (κ3) is 3.79. The van der Waals surface area contributed by atoms with Crippen molar-refractivity contribution in [3.05, 3.63) is 52.4 Å². The Morgan fingerprint density at radius 1 is 1.25 bits per heavy atom. The Hall–Kier alpha value is -2.28. The second kappa shape index (κ2) is 7.09. The number of ether oxygens (including phenoxy) is 1. The molecule has 1 aromatic carbocycles. The molecule has 1 aromatic heterocycles. The number of furan rings is 1. The van der Waals surface area contributed by atoms with Gasteiger partial charge in [0.05, 0.1) is 5.92 Å². The molecule has 1 atom stereocenters. The van der Waals surface area contributed by atoms with Crippen molar-refractivity contribution < 1.29 is 23.8 Å². The number of hydrogen-bond acceptors (Lipinski definition) is 4. The van der Waals surface area contributed by atoms with Gasteiger partial charge in [-0.25, -0.2) is 0 Å². The van der Waals surface area contributed by atoms with Crippen molar-refractivity contribution in [2.45, 2.75) is 13.0 Å². The van der Waals surface area contributed by atoms with Crippen LogP contribution in [0.2, 0.25) is 0 Å². The highest BCUT2D eigenvalue weighted by molar-refractivity contribution is 9.10. The monoisotopic (exact) mass is 393 g/mol. The highest BCUT2D eigenvalue weighted by atomic mass is 79.9.